The summed E-state index contributed by atoms with van der Waals surface area (Å²) < 4.78 is 4.73. The van der Waals surface area contributed by atoms with Gasteiger partial charge < -0.3 is 10.1 Å². The van der Waals surface area contributed by atoms with Gasteiger partial charge in [0, 0.05) is 17.5 Å². The maximum Gasteiger partial charge on any atom is 0.337 e. The minimum absolute atomic E-state index is 0.0230. The van der Waals surface area contributed by atoms with Gasteiger partial charge in [-0.1, -0.05) is 48.5 Å². The van der Waals surface area contributed by atoms with E-state index in [4.69, 9.17) is 4.74 Å². The lowest BCUT2D eigenvalue weighted by Gasteiger charge is -2.44. The van der Waals surface area contributed by atoms with Crippen molar-refractivity contribution in [3.05, 3.63) is 101 Å². The predicted octanol–water partition coefficient (Wildman–Crippen LogP) is 4.71. The minimum Gasteiger partial charge on any atom is -0.465 e. The van der Waals surface area contributed by atoms with Gasteiger partial charge in [-0.25, -0.2) is 4.79 Å². The van der Waals surface area contributed by atoms with Gasteiger partial charge in [0.2, 0.25) is 5.91 Å². The first kappa shape index (κ1) is 17.7. The molecule has 1 unspecified atom stereocenters. The zero-order chi connectivity index (χ0) is 20.0. The molecule has 0 saturated heterocycles. The van der Waals surface area contributed by atoms with Gasteiger partial charge in [-0.3, -0.25) is 4.79 Å². The molecule has 3 aromatic carbocycles. The SMILES string of the molecule is COC(=O)c1ccc(NC(=O)C2CC3c4ccccc4C2c2ccccc23)cc1. The van der Waals surface area contributed by atoms with Gasteiger partial charge in [-0.2, -0.15) is 0 Å². The van der Waals surface area contributed by atoms with Crippen molar-refractivity contribution in [2.24, 2.45) is 5.92 Å². The van der Waals surface area contributed by atoms with Crippen LogP contribution in [0.3, 0.4) is 0 Å². The van der Waals surface area contributed by atoms with Gasteiger partial charge >= 0.3 is 5.97 Å². The van der Waals surface area contributed by atoms with Gasteiger partial charge in [0.1, 0.15) is 0 Å². The van der Waals surface area contributed by atoms with Crippen LogP contribution < -0.4 is 5.32 Å². The first-order valence-corrected chi connectivity index (χ1v) is 9.84. The predicted molar refractivity (Wildman–Crippen MR) is 111 cm³/mol. The van der Waals surface area contributed by atoms with Gasteiger partial charge in [-0.05, 0) is 52.9 Å². The Morgan fingerprint density at radius 2 is 1.38 bits per heavy atom. The highest BCUT2D eigenvalue weighted by atomic mass is 16.5. The Labute approximate surface area is 169 Å². The molecule has 0 aliphatic heterocycles. The molecule has 4 nitrogen and oxygen atoms in total. The average Bonchev–Trinajstić information content (AvgIpc) is 2.79. The lowest BCUT2D eigenvalue weighted by Crippen LogP contribution is -2.38. The maximum atomic E-state index is 13.2. The number of hydrogen-bond acceptors (Lipinski definition) is 3. The highest BCUT2D eigenvalue weighted by Gasteiger charge is 2.45. The van der Waals surface area contributed by atoms with E-state index in [1.165, 1.54) is 29.4 Å². The molecule has 0 fully saturated rings. The number of rotatable bonds is 3. The molecule has 1 atom stereocenters. The molecule has 3 aliphatic carbocycles. The van der Waals surface area contributed by atoms with Gasteiger partial charge in [0.25, 0.3) is 0 Å². The van der Waals surface area contributed by atoms with E-state index in [9.17, 15) is 9.59 Å². The maximum absolute atomic E-state index is 13.2. The molecule has 0 heterocycles. The third-order valence-corrected chi connectivity index (χ3v) is 6.22. The van der Waals surface area contributed by atoms with E-state index in [0.717, 1.165) is 6.42 Å². The first-order valence-electron chi connectivity index (χ1n) is 9.84. The first-order chi connectivity index (χ1) is 14.2. The van der Waals surface area contributed by atoms with Gasteiger partial charge in [0.05, 0.1) is 18.6 Å². The molecule has 0 saturated carbocycles. The standard InChI is InChI=1S/C25H21NO3/c1-29-25(28)15-10-12-16(13-11-15)26-24(27)22-14-21-17-6-2-4-8-19(17)23(22)20-9-5-3-7-18(20)21/h2-13,21-23H,14H2,1H3,(H,26,27). The number of anilines is 1. The van der Waals surface area contributed by atoms with Crippen molar-refractivity contribution >= 4 is 17.6 Å². The van der Waals surface area contributed by atoms with Gasteiger partial charge in [0.15, 0.2) is 0 Å². The molecule has 144 valence electrons. The second-order valence-corrected chi connectivity index (χ2v) is 7.69. The molecule has 4 heteroatoms. The Hall–Kier alpha value is -3.40. The quantitative estimate of drug-likeness (QED) is 0.667. The van der Waals surface area contributed by atoms with Crippen molar-refractivity contribution in [2.45, 2.75) is 18.3 Å². The molecule has 2 bridgehead atoms. The summed E-state index contributed by atoms with van der Waals surface area (Å²) in [4.78, 5) is 24.9. The number of carbonyl (C=O) groups is 2. The molecule has 3 aliphatic rings. The van der Waals surface area contributed by atoms with Crippen LogP contribution in [0.15, 0.2) is 72.8 Å². The van der Waals surface area contributed by atoms with Crippen molar-refractivity contribution in [3.8, 4) is 0 Å². The van der Waals surface area contributed by atoms with Crippen molar-refractivity contribution in [1.82, 2.24) is 0 Å². The Morgan fingerprint density at radius 3 is 1.93 bits per heavy atom. The van der Waals surface area contributed by atoms with Crippen molar-refractivity contribution in [2.75, 3.05) is 12.4 Å². The van der Waals surface area contributed by atoms with Crippen LogP contribution >= 0.6 is 0 Å². The molecule has 0 radical (unpaired) electrons. The summed E-state index contributed by atoms with van der Waals surface area (Å²) in [7, 11) is 1.35. The van der Waals surface area contributed by atoms with Crippen LogP contribution in [0.25, 0.3) is 0 Å². The van der Waals surface area contributed by atoms with E-state index in [0.29, 0.717) is 11.3 Å². The summed E-state index contributed by atoms with van der Waals surface area (Å²) in [5.74, 6) is -0.160. The Kier molecular flexibility index (Phi) is 4.20. The Bertz CT molecular complexity index is 1060. The van der Waals surface area contributed by atoms with Crippen molar-refractivity contribution in [3.63, 3.8) is 0 Å². The second kappa shape index (κ2) is 6.89. The molecule has 6 rings (SSSR count). The highest BCUT2D eigenvalue weighted by molar-refractivity contribution is 5.95. The summed E-state index contributed by atoms with van der Waals surface area (Å²) in [5, 5.41) is 3.05. The third kappa shape index (κ3) is 2.83. The highest BCUT2D eigenvalue weighted by Crippen LogP contribution is 2.55. The van der Waals surface area contributed by atoms with Gasteiger partial charge in [-0.15, -0.1) is 0 Å². The number of esters is 1. The van der Waals surface area contributed by atoms with E-state index < -0.39 is 0 Å². The van der Waals surface area contributed by atoms with E-state index in [1.807, 2.05) is 0 Å². The largest absolute Gasteiger partial charge is 0.465 e. The van der Waals surface area contributed by atoms with Crippen LogP contribution in [0.1, 0.15) is 50.9 Å². The number of ether oxygens (including phenoxy) is 1. The molecule has 29 heavy (non-hydrogen) atoms. The zero-order valence-corrected chi connectivity index (χ0v) is 16.1. The fraction of sp³-hybridized carbons (Fsp3) is 0.200. The second-order valence-electron chi connectivity index (χ2n) is 7.69. The lowest BCUT2D eigenvalue weighted by atomic mass is 9.59. The summed E-state index contributed by atoms with van der Waals surface area (Å²) in [6.07, 6.45) is 0.810. The van der Waals surface area contributed by atoms with E-state index >= 15 is 0 Å². The van der Waals surface area contributed by atoms with Crippen LogP contribution in [0.5, 0.6) is 0 Å². The molecule has 1 N–H and O–H groups in total. The third-order valence-electron chi connectivity index (χ3n) is 6.22. The molecular weight excluding hydrogens is 362 g/mol. The number of carbonyl (C=O) groups excluding carboxylic acids is 2. The average molecular weight is 383 g/mol. The van der Waals surface area contributed by atoms with Crippen molar-refractivity contribution < 1.29 is 14.3 Å². The summed E-state index contributed by atoms with van der Waals surface area (Å²) in [6, 6.07) is 23.8. The molecule has 0 aromatic heterocycles. The molecule has 3 aromatic rings. The topological polar surface area (TPSA) is 55.4 Å². The van der Waals surface area contributed by atoms with Crippen LogP contribution in [0, 0.1) is 5.92 Å². The van der Waals surface area contributed by atoms with Crippen molar-refractivity contribution in [1.29, 1.82) is 0 Å². The lowest BCUT2D eigenvalue weighted by molar-refractivity contribution is -0.121. The van der Waals surface area contributed by atoms with E-state index in [2.05, 4.69) is 53.8 Å². The van der Waals surface area contributed by atoms with Crippen LogP contribution in [0.4, 0.5) is 5.69 Å². The van der Waals surface area contributed by atoms with Crippen LogP contribution in [-0.4, -0.2) is 19.0 Å². The minimum atomic E-state index is -0.388. The number of amides is 1. The fourth-order valence-corrected chi connectivity index (χ4v) is 4.94. The molecule has 0 spiro atoms. The van der Waals surface area contributed by atoms with Crippen LogP contribution in [0.2, 0.25) is 0 Å². The molecular formula is C25H21NO3. The summed E-state index contributed by atoms with van der Waals surface area (Å²) in [5.41, 5.74) is 6.38. The Morgan fingerprint density at radius 1 is 0.828 bits per heavy atom. The number of methoxy groups -OCH3 is 1. The number of fused-ring (bicyclic) bond motifs is 1. The molecule has 1 amide bonds. The summed E-state index contributed by atoms with van der Waals surface area (Å²) in [6.45, 7) is 0. The Balaban J connectivity index is 1.45. The van der Waals surface area contributed by atoms with E-state index in [1.54, 1.807) is 24.3 Å². The normalized spacial score (nSPS) is 21.1. The number of benzene rings is 3. The zero-order valence-electron chi connectivity index (χ0n) is 16.1. The number of hydrogen-bond donors (Lipinski definition) is 1. The van der Waals surface area contributed by atoms with Crippen LogP contribution in [-0.2, 0) is 9.53 Å². The van der Waals surface area contributed by atoms with E-state index in [-0.39, 0.29) is 29.6 Å². The monoisotopic (exact) mass is 383 g/mol. The smallest absolute Gasteiger partial charge is 0.337 e. The fourth-order valence-electron chi connectivity index (χ4n) is 4.94. The number of nitrogens with one attached hydrogen (secondary N) is 1. The summed E-state index contributed by atoms with van der Waals surface area (Å²) >= 11 is 0.